The third kappa shape index (κ3) is 3.77. The van der Waals surface area contributed by atoms with Gasteiger partial charge < -0.3 is 9.88 Å². The predicted molar refractivity (Wildman–Crippen MR) is 118 cm³/mol. The van der Waals surface area contributed by atoms with Crippen molar-refractivity contribution >= 4 is 28.4 Å². The molecule has 0 unspecified atom stereocenters. The molecule has 2 aromatic rings. The van der Waals surface area contributed by atoms with Crippen molar-refractivity contribution in [3.05, 3.63) is 39.4 Å². The number of carbonyl (C=O) groups excluding carboxylic acids is 1. The number of carbonyl (C=O) groups is 1. The van der Waals surface area contributed by atoms with Gasteiger partial charge in [-0.1, -0.05) is 18.5 Å². The van der Waals surface area contributed by atoms with Crippen LogP contribution in [0.3, 0.4) is 0 Å². The average molecular weight is 428 g/mol. The number of aromatic amines is 1. The summed E-state index contributed by atoms with van der Waals surface area (Å²) in [5, 5.41) is 1.07. The summed E-state index contributed by atoms with van der Waals surface area (Å²) in [7, 11) is 0. The van der Waals surface area contributed by atoms with Gasteiger partial charge in [0.2, 0.25) is 5.91 Å². The summed E-state index contributed by atoms with van der Waals surface area (Å²) < 4.78 is 0. The maximum atomic E-state index is 13.4. The van der Waals surface area contributed by atoms with Crippen LogP contribution in [0, 0.1) is 23.2 Å². The molecule has 4 bridgehead atoms. The Morgan fingerprint density at radius 1 is 1.20 bits per heavy atom. The van der Waals surface area contributed by atoms with E-state index in [0.717, 1.165) is 24.2 Å². The molecule has 0 atom stereocenters. The van der Waals surface area contributed by atoms with Crippen LogP contribution in [0.25, 0.3) is 10.9 Å². The molecule has 1 amide bonds. The average Bonchev–Trinajstić information content (AvgIpc) is 2.65. The van der Waals surface area contributed by atoms with Crippen molar-refractivity contribution in [2.75, 3.05) is 6.54 Å². The Morgan fingerprint density at radius 2 is 1.87 bits per heavy atom. The van der Waals surface area contributed by atoms with Crippen molar-refractivity contribution in [3.63, 3.8) is 0 Å². The molecule has 4 aliphatic rings. The lowest BCUT2D eigenvalue weighted by Crippen LogP contribution is -2.48. The van der Waals surface area contributed by atoms with Gasteiger partial charge in [-0.2, -0.15) is 0 Å². The highest BCUT2D eigenvalue weighted by molar-refractivity contribution is 6.31. The van der Waals surface area contributed by atoms with Crippen molar-refractivity contribution in [2.24, 2.45) is 23.2 Å². The van der Waals surface area contributed by atoms with Gasteiger partial charge in [0.15, 0.2) is 0 Å². The maximum Gasteiger partial charge on any atom is 0.258 e. The number of H-pyrrole nitrogens is 1. The van der Waals surface area contributed by atoms with Crippen LogP contribution >= 0.6 is 11.6 Å². The summed E-state index contributed by atoms with van der Waals surface area (Å²) in [6.45, 7) is 3.11. The Kier molecular flexibility index (Phi) is 5.12. The van der Waals surface area contributed by atoms with Crippen molar-refractivity contribution in [1.82, 2.24) is 14.9 Å². The number of nitrogens with zero attached hydrogens (tertiary/aromatic N) is 2. The third-order valence-corrected chi connectivity index (χ3v) is 7.83. The first-order valence-electron chi connectivity index (χ1n) is 11.4. The van der Waals surface area contributed by atoms with Crippen LogP contribution < -0.4 is 5.56 Å². The second-order valence-corrected chi connectivity index (χ2v) is 10.5. The van der Waals surface area contributed by atoms with Gasteiger partial charge in [0, 0.05) is 18.0 Å². The van der Waals surface area contributed by atoms with Crippen molar-refractivity contribution in [2.45, 2.75) is 64.8 Å². The smallest absolute Gasteiger partial charge is 0.258 e. The highest BCUT2D eigenvalue weighted by atomic mass is 35.5. The van der Waals surface area contributed by atoms with Gasteiger partial charge >= 0.3 is 0 Å². The molecule has 0 spiro atoms. The van der Waals surface area contributed by atoms with E-state index in [1.807, 2.05) is 4.90 Å². The number of aromatic nitrogens is 2. The lowest BCUT2D eigenvalue weighted by atomic mass is 9.49. The topological polar surface area (TPSA) is 66.1 Å². The zero-order chi connectivity index (χ0) is 20.9. The van der Waals surface area contributed by atoms with E-state index in [1.165, 1.54) is 38.5 Å². The van der Waals surface area contributed by atoms with E-state index in [1.54, 1.807) is 18.2 Å². The summed E-state index contributed by atoms with van der Waals surface area (Å²) in [6, 6.07) is 5.09. The molecule has 4 fully saturated rings. The van der Waals surface area contributed by atoms with Crippen molar-refractivity contribution in [1.29, 1.82) is 0 Å². The Bertz CT molecular complexity index is 995. The first-order valence-corrected chi connectivity index (χ1v) is 11.8. The molecule has 160 valence electrons. The molecule has 0 radical (unpaired) electrons. The quantitative estimate of drug-likeness (QED) is 0.711. The van der Waals surface area contributed by atoms with Crippen LogP contribution in [0.1, 0.15) is 64.1 Å². The van der Waals surface area contributed by atoms with Gasteiger partial charge in [-0.15, -0.1) is 0 Å². The van der Waals surface area contributed by atoms with Gasteiger partial charge in [0.1, 0.15) is 5.82 Å². The van der Waals surface area contributed by atoms with Crippen molar-refractivity contribution < 1.29 is 4.79 Å². The number of hydrogen-bond donors (Lipinski definition) is 1. The number of halogens is 1. The zero-order valence-corrected chi connectivity index (χ0v) is 18.4. The molecule has 1 aromatic carbocycles. The first kappa shape index (κ1) is 20.0. The van der Waals surface area contributed by atoms with Crippen LogP contribution in [-0.2, 0) is 11.3 Å². The molecule has 1 N–H and O–H groups in total. The van der Waals surface area contributed by atoms with Gasteiger partial charge in [0.05, 0.1) is 17.4 Å². The van der Waals surface area contributed by atoms with E-state index < -0.39 is 0 Å². The maximum absolute atomic E-state index is 13.4. The number of nitrogens with one attached hydrogen (secondary N) is 1. The summed E-state index contributed by atoms with van der Waals surface area (Å²) in [5.74, 6) is 3.26. The molecule has 6 heteroatoms. The Morgan fingerprint density at radius 3 is 2.50 bits per heavy atom. The number of amides is 1. The number of hydrogen-bond acceptors (Lipinski definition) is 3. The van der Waals surface area contributed by atoms with Gasteiger partial charge in [-0.3, -0.25) is 9.59 Å². The van der Waals surface area contributed by atoms with Crippen LogP contribution in [-0.4, -0.2) is 27.3 Å². The molecule has 4 aliphatic carbocycles. The molecule has 30 heavy (non-hydrogen) atoms. The lowest BCUT2D eigenvalue weighted by Gasteiger charge is -2.57. The molecule has 6 rings (SSSR count). The van der Waals surface area contributed by atoms with Crippen LogP contribution in [0.4, 0.5) is 0 Å². The second kappa shape index (κ2) is 7.67. The van der Waals surface area contributed by atoms with E-state index in [2.05, 4.69) is 16.9 Å². The van der Waals surface area contributed by atoms with Gasteiger partial charge in [0.25, 0.3) is 5.56 Å². The lowest BCUT2D eigenvalue weighted by molar-refractivity contribution is -0.140. The molecule has 4 saturated carbocycles. The minimum absolute atomic E-state index is 0.184. The molecule has 1 aromatic heterocycles. The monoisotopic (exact) mass is 427 g/mol. The van der Waals surface area contributed by atoms with Crippen LogP contribution in [0.15, 0.2) is 23.0 Å². The SMILES string of the molecule is CCCN(Cc1nc2cc(Cl)ccc2c(=O)[nH]1)C(=O)CC12CC3CC(CC(C3)C1)C2. The Hall–Kier alpha value is -1.88. The van der Waals surface area contributed by atoms with Crippen LogP contribution in [0.2, 0.25) is 5.02 Å². The molecular weight excluding hydrogens is 398 g/mol. The summed E-state index contributed by atoms with van der Waals surface area (Å²) in [4.78, 5) is 35.2. The summed E-state index contributed by atoms with van der Waals surface area (Å²) in [6.07, 6.45) is 9.39. The van der Waals surface area contributed by atoms with Crippen molar-refractivity contribution in [3.8, 4) is 0 Å². The minimum Gasteiger partial charge on any atom is -0.335 e. The zero-order valence-electron chi connectivity index (χ0n) is 17.6. The van der Waals surface area contributed by atoms with Gasteiger partial charge in [-0.05, 0) is 86.3 Å². The molecule has 0 aliphatic heterocycles. The molecular formula is C24H30ClN3O2. The van der Waals surface area contributed by atoms with E-state index in [-0.39, 0.29) is 16.9 Å². The van der Waals surface area contributed by atoms with E-state index in [4.69, 9.17) is 11.6 Å². The summed E-state index contributed by atoms with van der Waals surface area (Å²) >= 11 is 6.08. The Balaban J connectivity index is 1.36. The predicted octanol–water partition coefficient (Wildman–Crippen LogP) is 4.92. The standard InChI is InChI=1S/C24H30ClN3O2/c1-2-5-28(14-21-26-20-9-18(25)3-4-19(20)23(30)27-21)22(29)13-24-10-15-6-16(11-24)8-17(7-15)12-24/h3-4,9,15-17H,2,5-8,10-14H2,1H3,(H,26,27,30). The Labute approximate surface area is 182 Å². The fourth-order valence-electron chi connectivity index (χ4n) is 6.92. The molecule has 0 saturated heterocycles. The largest absolute Gasteiger partial charge is 0.335 e. The first-order chi connectivity index (χ1) is 14.4. The fraction of sp³-hybridized carbons (Fsp3) is 0.625. The highest BCUT2D eigenvalue weighted by Gasteiger charge is 2.51. The van der Waals surface area contributed by atoms with E-state index >= 15 is 0 Å². The second-order valence-electron chi connectivity index (χ2n) is 10.1. The third-order valence-electron chi connectivity index (χ3n) is 7.60. The fourth-order valence-corrected chi connectivity index (χ4v) is 7.08. The number of rotatable bonds is 6. The van der Waals surface area contributed by atoms with Crippen LogP contribution in [0.5, 0.6) is 0 Å². The number of benzene rings is 1. The van der Waals surface area contributed by atoms with E-state index in [9.17, 15) is 9.59 Å². The summed E-state index contributed by atoms with van der Waals surface area (Å²) in [5.41, 5.74) is 0.609. The minimum atomic E-state index is -0.184. The molecule has 1 heterocycles. The number of fused-ring (bicyclic) bond motifs is 1. The van der Waals surface area contributed by atoms with Gasteiger partial charge in [-0.25, -0.2) is 4.98 Å². The molecule has 5 nitrogen and oxygen atoms in total. The highest BCUT2D eigenvalue weighted by Crippen LogP contribution is 2.61. The normalized spacial score (nSPS) is 29.5. The van der Waals surface area contributed by atoms with E-state index in [0.29, 0.717) is 41.3 Å².